The average molecular weight is 419 g/mol. The summed E-state index contributed by atoms with van der Waals surface area (Å²) in [5.74, 6) is 1.26. The zero-order chi connectivity index (χ0) is 21.7. The van der Waals surface area contributed by atoms with Gasteiger partial charge in [0.05, 0.1) is 29.1 Å². The van der Waals surface area contributed by atoms with Gasteiger partial charge in [-0.2, -0.15) is 5.10 Å². The molecule has 0 bridgehead atoms. The van der Waals surface area contributed by atoms with E-state index in [1.807, 2.05) is 19.2 Å². The zero-order valence-electron chi connectivity index (χ0n) is 18.0. The molecule has 0 spiro atoms. The van der Waals surface area contributed by atoms with E-state index in [1.54, 1.807) is 28.4 Å². The molecule has 5 rings (SSSR count). The lowest BCUT2D eigenvalue weighted by Crippen LogP contribution is -2.32. The van der Waals surface area contributed by atoms with Gasteiger partial charge in [0, 0.05) is 26.3 Å². The van der Waals surface area contributed by atoms with Crippen molar-refractivity contribution < 1.29 is 4.74 Å². The predicted molar refractivity (Wildman–Crippen MR) is 118 cm³/mol. The molecule has 1 fully saturated rings. The van der Waals surface area contributed by atoms with Crippen LogP contribution in [0.4, 0.5) is 11.6 Å². The Balaban J connectivity index is 1.63. The fourth-order valence-electron chi connectivity index (χ4n) is 4.59. The molecule has 1 aliphatic rings. The van der Waals surface area contributed by atoms with Crippen LogP contribution in [0.2, 0.25) is 0 Å². The maximum Gasteiger partial charge on any atom is 0.251 e. The van der Waals surface area contributed by atoms with Crippen molar-refractivity contribution in [1.82, 2.24) is 29.1 Å². The molecule has 31 heavy (non-hydrogen) atoms. The van der Waals surface area contributed by atoms with Gasteiger partial charge in [-0.1, -0.05) is 13.8 Å². The van der Waals surface area contributed by atoms with Gasteiger partial charge in [0.2, 0.25) is 5.95 Å². The largest absolute Gasteiger partial charge is 0.381 e. The first kappa shape index (κ1) is 19.6. The maximum atomic E-state index is 12.7. The predicted octanol–water partition coefficient (Wildman–Crippen LogP) is 2.81. The highest BCUT2D eigenvalue weighted by molar-refractivity contribution is 5.80. The number of anilines is 2. The van der Waals surface area contributed by atoms with E-state index in [0.29, 0.717) is 31.0 Å². The number of fused-ring (bicyclic) bond motifs is 2. The van der Waals surface area contributed by atoms with E-state index in [9.17, 15) is 4.79 Å². The Hall–Kier alpha value is -3.33. The SMILES string of the molecule is Cc1cc2ncnn2cc1Nc1ncc2c(n1)c(C1C(C)COCC1C)cc(=O)n2C. The van der Waals surface area contributed by atoms with E-state index in [0.717, 1.165) is 33.5 Å². The molecule has 1 N–H and O–H groups in total. The van der Waals surface area contributed by atoms with E-state index in [2.05, 4.69) is 34.2 Å². The smallest absolute Gasteiger partial charge is 0.251 e. The second-order valence-electron chi connectivity index (χ2n) is 8.50. The fraction of sp³-hybridized carbons (Fsp3) is 0.409. The third kappa shape index (κ3) is 3.34. The summed E-state index contributed by atoms with van der Waals surface area (Å²) in [5.41, 5.74) is 5.07. The van der Waals surface area contributed by atoms with Gasteiger partial charge in [0.1, 0.15) is 6.33 Å². The van der Waals surface area contributed by atoms with E-state index in [-0.39, 0.29) is 11.5 Å². The lowest BCUT2D eigenvalue weighted by atomic mass is 9.77. The lowest BCUT2D eigenvalue weighted by molar-refractivity contribution is 0.0109. The molecular formula is C22H25N7O2. The maximum absolute atomic E-state index is 12.7. The summed E-state index contributed by atoms with van der Waals surface area (Å²) in [4.78, 5) is 26.2. The van der Waals surface area contributed by atoms with Crippen LogP contribution >= 0.6 is 0 Å². The first-order chi connectivity index (χ1) is 14.9. The first-order valence-corrected chi connectivity index (χ1v) is 10.4. The molecule has 2 atom stereocenters. The molecule has 0 aliphatic carbocycles. The minimum absolute atomic E-state index is 0.0508. The molecule has 1 saturated heterocycles. The highest BCUT2D eigenvalue weighted by Gasteiger charge is 2.32. The van der Waals surface area contributed by atoms with Crippen LogP contribution in [0.3, 0.4) is 0 Å². The molecule has 0 saturated carbocycles. The molecular weight excluding hydrogens is 394 g/mol. The molecule has 5 heterocycles. The van der Waals surface area contributed by atoms with Crippen LogP contribution in [-0.2, 0) is 11.8 Å². The number of nitrogens with zero attached hydrogens (tertiary/aromatic N) is 6. The highest BCUT2D eigenvalue weighted by atomic mass is 16.5. The van der Waals surface area contributed by atoms with Gasteiger partial charge in [-0.3, -0.25) is 4.79 Å². The third-order valence-corrected chi connectivity index (χ3v) is 6.23. The van der Waals surface area contributed by atoms with Crippen molar-refractivity contribution in [3.05, 3.63) is 52.3 Å². The summed E-state index contributed by atoms with van der Waals surface area (Å²) in [6.45, 7) is 7.69. The number of pyridine rings is 2. The van der Waals surface area contributed by atoms with Crippen LogP contribution in [0.5, 0.6) is 0 Å². The summed E-state index contributed by atoms with van der Waals surface area (Å²) < 4.78 is 9.02. The monoisotopic (exact) mass is 419 g/mol. The molecule has 160 valence electrons. The molecule has 0 radical (unpaired) electrons. The lowest BCUT2D eigenvalue weighted by Gasteiger charge is -2.35. The molecule has 0 amide bonds. The summed E-state index contributed by atoms with van der Waals surface area (Å²) in [7, 11) is 1.75. The van der Waals surface area contributed by atoms with Crippen LogP contribution in [0.1, 0.15) is 30.9 Å². The van der Waals surface area contributed by atoms with E-state index >= 15 is 0 Å². The Kier molecular flexibility index (Phi) is 4.70. The normalized spacial score (nSPS) is 21.6. The Morgan fingerprint density at radius 2 is 1.94 bits per heavy atom. The standard InChI is InChI=1S/C22H25N7O2/c1-12-5-18-24-11-25-29(18)8-16(12)26-22-23-7-17-21(27-22)15(6-19(30)28(17)4)20-13(2)9-31-10-14(20)3/h5-8,11,13-14,20H,9-10H2,1-4H3,(H,23,26,27). The number of ether oxygens (including phenoxy) is 1. The van der Waals surface area contributed by atoms with Gasteiger partial charge in [0.15, 0.2) is 5.65 Å². The van der Waals surface area contributed by atoms with Gasteiger partial charge in [-0.05, 0) is 41.9 Å². The highest BCUT2D eigenvalue weighted by Crippen LogP contribution is 2.38. The second kappa shape index (κ2) is 7.42. The average Bonchev–Trinajstić information content (AvgIpc) is 3.18. The quantitative estimate of drug-likeness (QED) is 0.545. The summed E-state index contributed by atoms with van der Waals surface area (Å²) >= 11 is 0. The molecule has 0 aromatic carbocycles. The van der Waals surface area contributed by atoms with E-state index < -0.39 is 0 Å². The van der Waals surface area contributed by atoms with Crippen LogP contribution in [0.15, 0.2) is 35.6 Å². The van der Waals surface area contributed by atoms with Crippen LogP contribution in [0.25, 0.3) is 16.7 Å². The van der Waals surface area contributed by atoms with Crippen LogP contribution in [-0.4, -0.2) is 42.3 Å². The number of nitrogens with one attached hydrogen (secondary N) is 1. The van der Waals surface area contributed by atoms with Gasteiger partial charge >= 0.3 is 0 Å². The fourth-order valence-corrected chi connectivity index (χ4v) is 4.59. The number of hydrogen-bond donors (Lipinski definition) is 1. The molecule has 2 unspecified atom stereocenters. The molecule has 9 nitrogen and oxygen atoms in total. The minimum atomic E-state index is -0.0508. The van der Waals surface area contributed by atoms with E-state index in [1.165, 1.54) is 6.33 Å². The Morgan fingerprint density at radius 3 is 2.71 bits per heavy atom. The Labute approximate surface area is 179 Å². The van der Waals surface area contributed by atoms with Gasteiger partial charge in [0.25, 0.3) is 5.56 Å². The molecule has 9 heteroatoms. The van der Waals surface area contributed by atoms with Crippen molar-refractivity contribution in [2.45, 2.75) is 26.7 Å². The summed E-state index contributed by atoms with van der Waals surface area (Å²) in [6, 6.07) is 3.69. The Bertz CT molecular complexity index is 1330. The topological polar surface area (TPSA) is 99.2 Å². The summed E-state index contributed by atoms with van der Waals surface area (Å²) in [6.07, 6.45) is 5.11. The number of aryl methyl sites for hydroxylation is 2. The van der Waals surface area contributed by atoms with Gasteiger partial charge in [-0.25, -0.2) is 19.5 Å². The van der Waals surface area contributed by atoms with Crippen molar-refractivity contribution in [3.8, 4) is 0 Å². The van der Waals surface area contributed by atoms with Crippen LogP contribution in [0, 0.1) is 18.8 Å². The van der Waals surface area contributed by atoms with Crippen molar-refractivity contribution in [1.29, 1.82) is 0 Å². The Morgan fingerprint density at radius 1 is 1.16 bits per heavy atom. The minimum Gasteiger partial charge on any atom is -0.381 e. The number of rotatable bonds is 3. The third-order valence-electron chi connectivity index (χ3n) is 6.23. The molecule has 4 aromatic rings. The number of hydrogen-bond acceptors (Lipinski definition) is 7. The number of aromatic nitrogens is 6. The second-order valence-corrected chi connectivity index (χ2v) is 8.50. The van der Waals surface area contributed by atoms with Gasteiger partial charge in [-0.15, -0.1) is 0 Å². The van der Waals surface area contributed by atoms with Crippen molar-refractivity contribution in [3.63, 3.8) is 0 Å². The zero-order valence-corrected chi connectivity index (χ0v) is 18.0. The van der Waals surface area contributed by atoms with Crippen molar-refractivity contribution >= 4 is 28.3 Å². The molecule has 4 aromatic heterocycles. The van der Waals surface area contributed by atoms with Crippen molar-refractivity contribution in [2.24, 2.45) is 18.9 Å². The van der Waals surface area contributed by atoms with Crippen LogP contribution < -0.4 is 10.9 Å². The van der Waals surface area contributed by atoms with Gasteiger partial charge < -0.3 is 14.6 Å². The molecule has 1 aliphatic heterocycles. The van der Waals surface area contributed by atoms with Crippen molar-refractivity contribution in [2.75, 3.05) is 18.5 Å². The summed E-state index contributed by atoms with van der Waals surface area (Å²) in [5, 5.41) is 7.51. The first-order valence-electron chi connectivity index (χ1n) is 10.4. The van der Waals surface area contributed by atoms with E-state index in [4.69, 9.17) is 9.72 Å².